The highest BCUT2D eigenvalue weighted by atomic mass is 15.2. The summed E-state index contributed by atoms with van der Waals surface area (Å²) in [5.74, 6) is 0.655. The van der Waals surface area contributed by atoms with E-state index >= 15 is 0 Å². The van der Waals surface area contributed by atoms with Crippen LogP contribution in [0.2, 0.25) is 0 Å². The van der Waals surface area contributed by atoms with Crippen LogP contribution in [-0.4, -0.2) is 35.1 Å². The van der Waals surface area contributed by atoms with Gasteiger partial charge < -0.3 is 4.98 Å². The molecule has 0 aliphatic rings. The number of hydrogen-bond donors (Lipinski definition) is 2. The van der Waals surface area contributed by atoms with Crippen LogP contribution in [0.4, 0.5) is 0 Å². The van der Waals surface area contributed by atoms with E-state index in [0.717, 1.165) is 44.8 Å². The van der Waals surface area contributed by atoms with Crippen LogP contribution in [-0.2, 0) is 0 Å². The minimum Gasteiger partial charge on any atom is -0.340 e. The Morgan fingerprint density at radius 1 is 0.935 bits per heavy atom. The number of aryl methyl sites for hydroxylation is 1. The third-order valence-electron chi connectivity index (χ3n) is 5.02. The molecule has 7 heteroatoms. The monoisotopic (exact) mass is 405 g/mol. The zero-order chi connectivity index (χ0) is 21.2. The highest BCUT2D eigenvalue weighted by Gasteiger charge is 2.18. The van der Waals surface area contributed by atoms with Crippen molar-refractivity contribution in [2.24, 2.45) is 0 Å². The van der Waals surface area contributed by atoms with Crippen LogP contribution in [0, 0.1) is 6.92 Å². The quantitative estimate of drug-likeness (QED) is 0.412. The number of fused-ring (bicyclic) bond motifs is 1. The molecule has 2 N–H and O–H groups in total. The Balaban J connectivity index is 1.62. The molecule has 0 saturated heterocycles. The smallest absolute Gasteiger partial charge is 0.161 e. The fourth-order valence-electron chi connectivity index (χ4n) is 3.54. The standard InChI is InChI=1S/C24H19N7/c1-3-4-18(16-7-11-25-12-8-16)21-15(2)27-24(29-21)23-22-20(30-31-23)6-5-19(28-22)17-9-13-26-14-10-17/h3-14H,1H2,2H3,(H,27,29)(H,30,31)/b18-4-. The summed E-state index contributed by atoms with van der Waals surface area (Å²) in [5.41, 5.74) is 7.87. The molecule has 0 aromatic carbocycles. The van der Waals surface area contributed by atoms with E-state index in [0.29, 0.717) is 11.5 Å². The molecule has 0 atom stereocenters. The van der Waals surface area contributed by atoms with Crippen molar-refractivity contribution >= 4 is 16.6 Å². The number of aromatic amines is 2. The fraction of sp³-hybridized carbons (Fsp3) is 0.0417. The first-order chi connectivity index (χ1) is 15.2. The third-order valence-corrected chi connectivity index (χ3v) is 5.02. The number of allylic oxidation sites excluding steroid dienone is 2. The van der Waals surface area contributed by atoms with Gasteiger partial charge in [0.1, 0.15) is 5.52 Å². The summed E-state index contributed by atoms with van der Waals surface area (Å²) in [6.45, 7) is 5.85. The van der Waals surface area contributed by atoms with Crippen LogP contribution in [0.5, 0.6) is 0 Å². The van der Waals surface area contributed by atoms with Gasteiger partial charge in [0.05, 0.1) is 16.9 Å². The lowest BCUT2D eigenvalue weighted by Gasteiger charge is -2.05. The molecule has 0 unspecified atom stereocenters. The molecule has 150 valence electrons. The number of H-pyrrole nitrogens is 2. The number of nitrogens with one attached hydrogen (secondary N) is 2. The Kier molecular flexibility index (Phi) is 4.68. The zero-order valence-electron chi connectivity index (χ0n) is 16.9. The van der Waals surface area contributed by atoms with Gasteiger partial charge in [-0.1, -0.05) is 18.7 Å². The molecular weight excluding hydrogens is 386 g/mol. The molecule has 31 heavy (non-hydrogen) atoms. The van der Waals surface area contributed by atoms with Gasteiger partial charge in [-0.15, -0.1) is 0 Å². The summed E-state index contributed by atoms with van der Waals surface area (Å²) < 4.78 is 0. The lowest BCUT2D eigenvalue weighted by Crippen LogP contribution is -1.91. The Hall–Kier alpha value is -4.39. The zero-order valence-corrected chi connectivity index (χ0v) is 16.9. The number of imidazole rings is 1. The Bertz CT molecular complexity index is 1400. The largest absolute Gasteiger partial charge is 0.340 e. The van der Waals surface area contributed by atoms with Gasteiger partial charge in [-0.25, -0.2) is 9.97 Å². The summed E-state index contributed by atoms with van der Waals surface area (Å²) in [5, 5.41) is 7.55. The number of aromatic nitrogens is 7. The summed E-state index contributed by atoms with van der Waals surface area (Å²) in [7, 11) is 0. The van der Waals surface area contributed by atoms with Gasteiger partial charge in [-0.2, -0.15) is 5.10 Å². The molecule has 5 heterocycles. The van der Waals surface area contributed by atoms with Crippen LogP contribution in [0.3, 0.4) is 0 Å². The van der Waals surface area contributed by atoms with E-state index < -0.39 is 0 Å². The predicted octanol–water partition coefficient (Wildman–Crippen LogP) is 4.73. The van der Waals surface area contributed by atoms with E-state index in [2.05, 4.69) is 31.7 Å². The molecule has 0 aliphatic carbocycles. The molecule has 0 amide bonds. The van der Waals surface area contributed by atoms with E-state index in [9.17, 15) is 0 Å². The van der Waals surface area contributed by atoms with Crippen LogP contribution >= 0.6 is 0 Å². The van der Waals surface area contributed by atoms with Crippen LogP contribution in [0.1, 0.15) is 17.0 Å². The molecule has 7 nitrogen and oxygen atoms in total. The maximum atomic E-state index is 4.88. The fourth-order valence-corrected chi connectivity index (χ4v) is 3.54. The van der Waals surface area contributed by atoms with Crippen LogP contribution < -0.4 is 0 Å². The SMILES string of the molecule is C=C/C=C(/c1ccncc1)c1nc(-c2n[nH]c3ccc(-c4ccncc4)nc23)[nH]c1C. The normalized spacial score (nSPS) is 11.7. The summed E-state index contributed by atoms with van der Waals surface area (Å²) in [6.07, 6.45) is 10.8. The van der Waals surface area contributed by atoms with Gasteiger partial charge in [-0.05, 0) is 48.9 Å². The van der Waals surface area contributed by atoms with Crippen molar-refractivity contribution in [3.63, 3.8) is 0 Å². The van der Waals surface area contributed by atoms with Gasteiger partial charge >= 0.3 is 0 Å². The molecule has 0 bridgehead atoms. The average Bonchev–Trinajstić information content (AvgIpc) is 3.41. The maximum Gasteiger partial charge on any atom is 0.161 e. The van der Waals surface area contributed by atoms with Crippen molar-refractivity contribution < 1.29 is 0 Å². The molecule has 0 saturated carbocycles. The molecule has 0 fully saturated rings. The van der Waals surface area contributed by atoms with E-state index in [1.165, 1.54) is 0 Å². The topological polar surface area (TPSA) is 96.0 Å². The third kappa shape index (κ3) is 3.42. The average molecular weight is 405 g/mol. The van der Waals surface area contributed by atoms with E-state index in [1.807, 2.05) is 49.4 Å². The lowest BCUT2D eigenvalue weighted by molar-refractivity contribution is 1.10. The van der Waals surface area contributed by atoms with Crippen molar-refractivity contribution in [3.05, 3.63) is 96.9 Å². The number of nitrogens with zero attached hydrogens (tertiary/aromatic N) is 5. The minimum atomic E-state index is 0.655. The van der Waals surface area contributed by atoms with Crippen molar-refractivity contribution in [2.75, 3.05) is 0 Å². The van der Waals surface area contributed by atoms with E-state index in [1.54, 1.807) is 30.9 Å². The van der Waals surface area contributed by atoms with E-state index in [-0.39, 0.29) is 0 Å². The van der Waals surface area contributed by atoms with Crippen molar-refractivity contribution in [1.29, 1.82) is 0 Å². The van der Waals surface area contributed by atoms with E-state index in [4.69, 9.17) is 9.97 Å². The first-order valence-electron chi connectivity index (χ1n) is 9.80. The molecule has 0 spiro atoms. The highest BCUT2D eigenvalue weighted by molar-refractivity contribution is 5.90. The number of hydrogen-bond acceptors (Lipinski definition) is 5. The molecule has 5 aromatic rings. The lowest BCUT2D eigenvalue weighted by atomic mass is 10.0. The maximum absolute atomic E-state index is 4.88. The first-order valence-corrected chi connectivity index (χ1v) is 9.80. The number of pyridine rings is 3. The Labute approximate surface area is 178 Å². The second-order valence-corrected chi connectivity index (χ2v) is 7.01. The van der Waals surface area contributed by atoms with Crippen molar-refractivity contribution in [2.45, 2.75) is 6.92 Å². The summed E-state index contributed by atoms with van der Waals surface area (Å²) >= 11 is 0. The molecule has 5 aromatic heterocycles. The second kappa shape index (κ2) is 7.79. The van der Waals surface area contributed by atoms with Gasteiger partial charge in [0.2, 0.25) is 0 Å². The summed E-state index contributed by atoms with van der Waals surface area (Å²) in [6, 6.07) is 11.7. The van der Waals surface area contributed by atoms with Gasteiger partial charge in [-0.3, -0.25) is 15.1 Å². The Morgan fingerprint density at radius 2 is 1.68 bits per heavy atom. The molecule has 0 radical (unpaired) electrons. The molecular formula is C24H19N7. The molecule has 0 aliphatic heterocycles. The van der Waals surface area contributed by atoms with Gasteiger partial charge in [0.15, 0.2) is 11.5 Å². The van der Waals surface area contributed by atoms with Gasteiger partial charge in [0, 0.05) is 41.6 Å². The first kappa shape index (κ1) is 18.6. The highest BCUT2D eigenvalue weighted by Crippen LogP contribution is 2.30. The van der Waals surface area contributed by atoms with Crippen LogP contribution in [0.25, 0.3) is 39.4 Å². The molecule has 5 rings (SSSR count). The van der Waals surface area contributed by atoms with Crippen LogP contribution in [0.15, 0.2) is 79.9 Å². The van der Waals surface area contributed by atoms with Crippen molar-refractivity contribution in [3.8, 4) is 22.8 Å². The Morgan fingerprint density at radius 3 is 2.42 bits per heavy atom. The number of rotatable bonds is 5. The predicted molar refractivity (Wildman–Crippen MR) is 121 cm³/mol. The second-order valence-electron chi connectivity index (χ2n) is 7.01. The van der Waals surface area contributed by atoms with Crippen molar-refractivity contribution in [1.82, 2.24) is 35.1 Å². The minimum absolute atomic E-state index is 0.655. The summed E-state index contributed by atoms with van der Waals surface area (Å²) in [4.78, 5) is 21.3. The van der Waals surface area contributed by atoms with Gasteiger partial charge in [0.25, 0.3) is 0 Å².